The van der Waals surface area contributed by atoms with Gasteiger partial charge in [-0.25, -0.2) is 0 Å². The zero-order chi connectivity index (χ0) is 20.9. The number of nitrogens with zero attached hydrogens (tertiary/aromatic N) is 2. The number of thiophene rings is 2. The van der Waals surface area contributed by atoms with Crippen molar-refractivity contribution in [3.63, 3.8) is 0 Å². The van der Waals surface area contributed by atoms with E-state index in [0.29, 0.717) is 0 Å². The van der Waals surface area contributed by atoms with Crippen LogP contribution >= 0.6 is 45.8 Å². The van der Waals surface area contributed by atoms with Gasteiger partial charge in [0.25, 0.3) is 9.84 Å². The number of thiazole rings is 1. The molecule has 2 aromatic carbocycles. The lowest BCUT2D eigenvalue weighted by Gasteiger charge is -2.15. The summed E-state index contributed by atoms with van der Waals surface area (Å²) in [6.07, 6.45) is 6.79. The summed E-state index contributed by atoms with van der Waals surface area (Å²) in [4.78, 5) is 5.25. The molecule has 3 aromatic heterocycles. The predicted octanol–water partition coefficient (Wildman–Crippen LogP) is 8.12. The predicted molar refractivity (Wildman–Crippen MR) is 141 cm³/mol. The highest BCUT2D eigenvalue weighted by Gasteiger charge is 2.28. The van der Waals surface area contributed by atoms with Crippen LogP contribution in [-0.4, -0.2) is 6.54 Å². The first-order valence-electron chi connectivity index (χ1n) is 10.5. The Morgan fingerprint density at radius 2 is 1.65 bits per heavy atom. The molecule has 6 rings (SSSR count). The monoisotopic (exact) mass is 477 g/mol. The summed E-state index contributed by atoms with van der Waals surface area (Å²) in [6, 6.07) is 17.5. The molecule has 0 bridgehead atoms. The lowest BCUT2D eigenvalue weighted by atomic mass is 10.2. The van der Waals surface area contributed by atoms with Gasteiger partial charge in [-0.2, -0.15) is 4.57 Å². The first-order chi connectivity index (χ1) is 15.3. The summed E-state index contributed by atoms with van der Waals surface area (Å²) >= 11 is 7.61. The molecule has 0 unspecified atom stereocenters. The van der Waals surface area contributed by atoms with Crippen molar-refractivity contribution in [3.8, 4) is 0 Å². The topological polar surface area (TPSA) is 7.12 Å². The standard InChI is InChI=1S/C25H21N2S4/c1-3-26-20(30-22-16-10-5-7-12-18(16)28-24(22)26)14-9-15-21-27(4-2)25-23(31-21)17-11-6-8-13-19(17)29-25/h5-15H,3-4H2,1-2H3/q+1. The molecule has 1 aliphatic rings. The first-order valence-corrected chi connectivity index (χ1v) is 13.7. The van der Waals surface area contributed by atoms with Crippen LogP contribution in [0.2, 0.25) is 0 Å². The van der Waals surface area contributed by atoms with E-state index in [2.05, 4.69) is 90.1 Å². The minimum atomic E-state index is 0.988. The van der Waals surface area contributed by atoms with E-state index in [1.165, 1.54) is 49.6 Å². The van der Waals surface area contributed by atoms with Crippen LogP contribution in [-0.2, 0) is 6.54 Å². The van der Waals surface area contributed by atoms with Gasteiger partial charge in [-0.1, -0.05) is 76.9 Å². The van der Waals surface area contributed by atoms with Crippen LogP contribution in [0.4, 0.5) is 5.00 Å². The maximum absolute atomic E-state index is 2.45. The van der Waals surface area contributed by atoms with E-state index in [-0.39, 0.29) is 0 Å². The number of benzene rings is 2. The van der Waals surface area contributed by atoms with Gasteiger partial charge in [0.05, 0.1) is 9.92 Å². The van der Waals surface area contributed by atoms with Crippen molar-refractivity contribution >= 4 is 86.6 Å². The molecule has 2 nitrogen and oxygen atoms in total. The SMILES string of the molecule is CCN1/C(=C\C=C\c2sc3c4ccccc4sc3[n+]2CC)Sc2c1sc1ccccc21. The van der Waals surface area contributed by atoms with Gasteiger partial charge in [0.15, 0.2) is 0 Å². The molecule has 0 aliphatic carbocycles. The molecule has 0 spiro atoms. The Balaban J connectivity index is 1.36. The molecule has 0 amide bonds. The number of anilines is 1. The summed E-state index contributed by atoms with van der Waals surface area (Å²) < 4.78 is 6.61. The van der Waals surface area contributed by atoms with Gasteiger partial charge in [0.2, 0.25) is 0 Å². The fourth-order valence-electron chi connectivity index (χ4n) is 4.15. The Bertz CT molecular complexity index is 1500. The average molecular weight is 478 g/mol. The minimum absolute atomic E-state index is 0.988. The summed E-state index contributed by atoms with van der Waals surface area (Å²) in [5.41, 5.74) is 0. The lowest BCUT2D eigenvalue weighted by Crippen LogP contribution is -2.32. The molecule has 0 saturated carbocycles. The van der Waals surface area contributed by atoms with Crippen LogP contribution in [0.1, 0.15) is 18.9 Å². The van der Waals surface area contributed by atoms with E-state index in [1.54, 1.807) is 0 Å². The van der Waals surface area contributed by atoms with Crippen molar-refractivity contribution in [2.24, 2.45) is 0 Å². The van der Waals surface area contributed by atoms with Gasteiger partial charge in [0.1, 0.15) is 16.2 Å². The molecule has 6 heteroatoms. The van der Waals surface area contributed by atoms with Gasteiger partial charge in [-0.05, 0) is 32.1 Å². The Morgan fingerprint density at radius 1 is 0.903 bits per heavy atom. The van der Waals surface area contributed by atoms with E-state index in [4.69, 9.17) is 0 Å². The number of hydrogen-bond donors (Lipinski definition) is 0. The number of thioether (sulfide) groups is 1. The quantitative estimate of drug-likeness (QED) is 0.241. The van der Waals surface area contributed by atoms with Crippen molar-refractivity contribution in [3.05, 3.63) is 70.7 Å². The summed E-state index contributed by atoms with van der Waals surface area (Å²) in [5, 5.41) is 6.79. The average Bonchev–Trinajstić information content (AvgIpc) is 3.51. The van der Waals surface area contributed by atoms with Crippen molar-refractivity contribution in [2.75, 3.05) is 11.4 Å². The number of aryl methyl sites for hydroxylation is 1. The van der Waals surface area contributed by atoms with Crippen molar-refractivity contribution in [1.29, 1.82) is 0 Å². The minimum Gasteiger partial charge on any atom is -0.327 e. The molecule has 0 atom stereocenters. The lowest BCUT2D eigenvalue weighted by molar-refractivity contribution is -0.663. The molecule has 4 heterocycles. The second-order valence-electron chi connectivity index (χ2n) is 7.36. The van der Waals surface area contributed by atoms with Crippen molar-refractivity contribution < 1.29 is 4.57 Å². The van der Waals surface area contributed by atoms with Gasteiger partial charge < -0.3 is 4.90 Å². The van der Waals surface area contributed by atoms with Crippen LogP contribution in [0.15, 0.2) is 70.6 Å². The Kier molecular flexibility index (Phi) is 4.91. The van der Waals surface area contributed by atoms with Crippen molar-refractivity contribution in [2.45, 2.75) is 25.3 Å². The van der Waals surface area contributed by atoms with Gasteiger partial charge in [0, 0.05) is 32.8 Å². The third-order valence-electron chi connectivity index (χ3n) is 5.61. The molecule has 1 aliphatic heterocycles. The van der Waals surface area contributed by atoms with E-state index >= 15 is 0 Å². The maximum atomic E-state index is 2.45. The molecular formula is C25H21N2S4+. The zero-order valence-corrected chi connectivity index (χ0v) is 20.6. The smallest absolute Gasteiger partial charge is 0.281 e. The summed E-state index contributed by atoms with van der Waals surface area (Å²) in [7, 11) is 0. The molecule has 5 aromatic rings. The van der Waals surface area contributed by atoms with E-state index in [1.807, 2.05) is 45.8 Å². The highest BCUT2D eigenvalue weighted by molar-refractivity contribution is 8.04. The summed E-state index contributed by atoms with van der Waals surface area (Å²) in [5.74, 6) is 0. The van der Waals surface area contributed by atoms with Crippen LogP contribution in [0.3, 0.4) is 0 Å². The largest absolute Gasteiger partial charge is 0.327 e. The van der Waals surface area contributed by atoms with Crippen molar-refractivity contribution in [1.82, 2.24) is 0 Å². The normalized spacial score (nSPS) is 15.4. The Labute approximate surface area is 197 Å². The molecule has 0 radical (unpaired) electrons. The molecule has 154 valence electrons. The van der Waals surface area contributed by atoms with Gasteiger partial charge in [-0.15, -0.1) is 11.3 Å². The van der Waals surface area contributed by atoms with Gasteiger partial charge in [-0.3, -0.25) is 0 Å². The van der Waals surface area contributed by atoms with E-state index in [9.17, 15) is 0 Å². The second kappa shape index (κ2) is 7.78. The summed E-state index contributed by atoms with van der Waals surface area (Å²) in [6.45, 7) is 6.45. The maximum Gasteiger partial charge on any atom is 0.281 e. The number of rotatable bonds is 4. The van der Waals surface area contributed by atoms with Crippen LogP contribution in [0, 0.1) is 0 Å². The van der Waals surface area contributed by atoms with Gasteiger partial charge >= 0.3 is 0 Å². The third-order valence-corrected chi connectivity index (χ3v) is 10.6. The molecular weight excluding hydrogens is 457 g/mol. The fraction of sp³-hybridized carbons (Fsp3) is 0.160. The van der Waals surface area contributed by atoms with Crippen LogP contribution in [0.25, 0.3) is 35.8 Å². The third kappa shape index (κ3) is 3.08. The number of fused-ring (bicyclic) bond motifs is 6. The zero-order valence-electron chi connectivity index (χ0n) is 17.3. The van der Waals surface area contributed by atoms with Crippen LogP contribution < -0.4 is 9.47 Å². The first kappa shape index (κ1) is 19.6. The highest BCUT2D eigenvalue weighted by Crippen LogP contribution is 2.54. The Hall–Kier alpha value is -2.12. The fourth-order valence-corrected chi connectivity index (χ4v) is 9.59. The number of aromatic nitrogens is 1. The highest BCUT2D eigenvalue weighted by atomic mass is 32.2. The molecule has 31 heavy (non-hydrogen) atoms. The van der Waals surface area contributed by atoms with E-state index in [0.717, 1.165) is 13.1 Å². The number of allylic oxidation sites excluding steroid dienone is 2. The van der Waals surface area contributed by atoms with Crippen LogP contribution in [0.5, 0.6) is 0 Å². The molecule has 0 saturated heterocycles. The second-order valence-corrected chi connectivity index (χ2v) is 11.5. The van der Waals surface area contributed by atoms with E-state index < -0.39 is 0 Å². The Morgan fingerprint density at radius 3 is 2.42 bits per heavy atom. The number of hydrogen-bond acceptors (Lipinski definition) is 5. The molecule has 0 fully saturated rings. The molecule has 0 N–H and O–H groups in total.